The number of nitrogens with one attached hydrogen (secondary N) is 2. The second-order valence-corrected chi connectivity index (χ2v) is 11.2. The molecule has 1 saturated carbocycles. The summed E-state index contributed by atoms with van der Waals surface area (Å²) in [5.41, 5.74) is 0.491. The lowest BCUT2D eigenvalue weighted by Gasteiger charge is -2.27. The Bertz CT molecular complexity index is 1460. The van der Waals surface area contributed by atoms with Crippen LogP contribution in [0, 0.1) is 11.7 Å². The van der Waals surface area contributed by atoms with Gasteiger partial charge in [0.25, 0.3) is 0 Å². The number of fused-ring (bicyclic) bond motifs is 1. The monoisotopic (exact) mass is 599 g/mol. The van der Waals surface area contributed by atoms with Crippen molar-refractivity contribution in [3.05, 3.63) is 59.7 Å². The maximum Gasteiger partial charge on any atom is 0.320 e. The molecular formula is C30H35ClFN5O5. The van der Waals surface area contributed by atoms with E-state index in [2.05, 4.69) is 20.6 Å². The first-order chi connectivity index (χ1) is 20.0. The molecule has 0 bridgehead atoms. The highest BCUT2D eigenvalue weighted by atomic mass is 35.5. The molecule has 12 heteroatoms. The van der Waals surface area contributed by atoms with Crippen molar-refractivity contribution in [2.45, 2.75) is 39.2 Å². The molecule has 0 spiro atoms. The van der Waals surface area contributed by atoms with E-state index in [1.807, 2.05) is 0 Å². The van der Waals surface area contributed by atoms with Crippen LogP contribution in [0.25, 0.3) is 10.9 Å². The van der Waals surface area contributed by atoms with E-state index in [-0.39, 0.29) is 31.3 Å². The SMILES string of the molecule is CCOC(=O)CN(C/C=C/C(=O)Nc1cc2c(Nc3ccc(F)c(Cl)c3)ncnc2cc1OCC1CC1)CC(C)(C)O. The lowest BCUT2D eigenvalue weighted by atomic mass is 10.1. The Balaban J connectivity index is 1.54. The van der Waals surface area contributed by atoms with Crippen LogP contribution in [0.5, 0.6) is 5.75 Å². The Kier molecular flexibility index (Phi) is 10.3. The molecule has 42 heavy (non-hydrogen) atoms. The van der Waals surface area contributed by atoms with Crippen molar-refractivity contribution >= 4 is 51.6 Å². The third-order valence-corrected chi connectivity index (χ3v) is 6.54. The average molecular weight is 600 g/mol. The van der Waals surface area contributed by atoms with Gasteiger partial charge < -0.3 is 25.2 Å². The molecule has 0 unspecified atom stereocenters. The number of amides is 1. The van der Waals surface area contributed by atoms with Gasteiger partial charge in [0.05, 0.1) is 41.6 Å². The van der Waals surface area contributed by atoms with Crippen LogP contribution in [0.1, 0.15) is 33.6 Å². The molecular weight excluding hydrogens is 565 g/mol. The predicted molar refractivity (Wildman–Crippen MR) is 160 cm³/mol. The van der Waals surface area contributed by atoms with Crippen LogP contribution in [-0.4, -0.2) is 70.3 Å². The van der Waals surface area contributed by atoms with E-state index >= 15 is 0 Å². The Morgan fingerprint density at radius 2 is 2.02 bits per heavy atom. The van der Waals surface area contributed by atoms with Crippen molar-refractivity contribution in [2.24, 2.45) is 5.92 Å². The van der Waals surface area contributed by atoms with Gasteiger partial charge in [0.15, 0.2) is 0 Å². The van der Waals surface area contributed by atoms with Gasteiger partial charge in [-0.2, -0.15) is 0 Å². The summed E-state index contributed by atoms with van der Waals surface area (Å²) in [6.07, 6.45) is 6.57. The van der Waals surface area contributed by atoms with E-state index in [0.29, 0.717) is 46.4 Å². The molecule has 1 aliphatic rings. The van der Waals surface area contributed by atoms with Crippen LogP contribution < -0.4 is 15.4 Å². The van der Waals surface area contributed by atoms with Gasteiger partial charge in [-0.05, 0) is 63.8 Å². The molecule has 1 aliphatic carbocycles. The summed E-state index contributed by atoms with van der Waals surface area (Å²) < 4.78 is 24.7. The van der Waals surface area contributed by atoms with Gasteiger partial charge in [-0.15, -0.1) is 0 Å². The molecule has 3 aromatic rings. The standard InChI is InChI=1S/C30H35ClFN5O5/c1-4-41-28(39)15-37(17-30(2,3)40)11-5-6-27(38)36-25-13-21-24(14-26(25)42-16-19-7-8-19)33-18-34-29(21)35-20-9-10-23(32)22(31)12-20/h5-6,9-10,12-14,18-19,40H,4,7-8,11,15-17H2,1-3H3,(H,36,38)(H,33,34,35)/b6-5+. The zero-order chi connectivity index (χ0) is 30.3. The van der Waals surface area contributed by atoms with Crippen LogP contribution in [0.4, 0.5) is 21.6 Å². The number of ether oxygens (including phenoxy) is 2. The zero-order valence-electron chi connectivity index (χ0n) is 23.8. The molecule has 4 rings (SSSR count). The minimum absolute atomic E-state index is 0.0251. The highest BCUT2D eigenvalue weighted by molar-refractivity contribution is 6.31. The van der Waals surface area contributed by atoms with Crippen LogP contribution >= 0.6 is 11.6 Å². The molecule has 224 valence electrons. The summed E-state index contributed by atoms with van der Waals surface area (Å²) in [5.74, 6) is 0.0233. The first-order valence-electron chi connectivity index (χ1n) is 13.7. The molecule has 0 atom stereocenters. The molecule has 1 fully saturated rings. The number of carbonyl (C=O) groups is 2. The van der Waals surface area contributed by atoms with Crippen molar-refractivity contribution in [1.29, 1.82) is 0 Å². The Hall–Kier alpha value is -3.80. The quantitative estimate of drug-likeness (QED) is 0.172. The fourth-order valence-corrected chi connectivity index (χ4v) is 4.39. The number of benzene rings is 2. The van der Waals surface area contributed by atoms with Crippen molar-refractivity contribution in [1.82, 2.24) is 14.9 Å². The summed E-state index contributed by atoms with van der Waals surface area (Å²) in [6.45, 7) is 6.20. The van der Waals surface area contributed by atoms with Gasteiger partial charge >= 0.3 is 5.97 Å². The first kappa shape index (κ1) is 31.1. The van der Waals surface area contributed by atoms with E-state index in [9.17, 15) is 19.1 Å². The Morgan fingerprint density at radius 1 is 1.24 bits per heavy atom. The number of rotatable bonds is 14. The normalized spacial score (nSPS) is 13.5. The minimum atomic E-state index is -1.05. The van der Waals surface area contributed by atoms with E-state index in [0.717, 1.165) is 12.8 Å². The fraction of sp³-hybridized carbons (Fsp3) is 0.400. The van der Waals surface area contributed by atoms with Crippen molar-refractivity contribution in [3.63, 3.8) is 0 Å². The Labute approximate surface area is 248 Å². The second kappa shape index (κ2) is 13.9. The summed E-state index contributed by atoms with van der Waals surface area (Å²) >= 11 is 5.94. The number of aromatic nitrogens is 2. The van der Waals surface area contributed by atoms with Crippen molar-refractivity contribution in [3.8, 4) is 5.75 Å². The van der Waals surface area contributed by atoms with E-state index < -0.39 is 23.3 Å². The van der Waals surface area contributed by atoms with Crippen LogP contribution in [0.3, 0.4) is 0 Å². The summed E-state index contributed by atoms with van der Waals surface area (Å²) in [5, 5.41) is 16.8. The summed E-state index contributed by atoms with van der Waals surface area (Å²) in [4.78, 5) is 35.4. The molecule has 3 N–H and O–H groups in total. The van der Waals surface area contributed by atoms with Crippen LogP contribution in [-0.2, 0) is 14.3 Å². The predicted octanol–water partition coefficient (Wildman–Crippen LogP) is 5.09. The highest BCUT2D eigenvalue weighted by Gasteiger charge is 2.23. The second-order valence-electron chi connectivity index (χ2n) is 10.8. The van der Waals surface area contributed by atoms with Crippen LogP contribution in [0.2, 0.25) is 5.02 Å². The molecule has 0 radical (unpaired) electrons. The van der Waals surface area contributed by atoms with E-state index in [1.54, 1.807) is 49.9 Å². The molecule has 0 aliphatic heterocycles. The number of hydrogen-bond donors (Lipinski definition) is 3. The number of halogens is 2. The molecule has 1 amide bonds. The zero-order valence-corrected chi connectivity index (χ0v) is 24.6. The lowest BCUT2D eigenvalue weighted by Crippen LogP contribution is -2.41. The highest BCUT2D eigenvalue weighted by Crippen LogP contribution is 2.36. The fourth-order valence-electron chi connectivity index (χ4n) is 4.21. The summed E-state index contributed by atoms with van der Waals surface area (Å²) in [6, 6.07) is 7.71. The molecule has 10 nitrogen and oxygen atoms in total. The van der Waals surface area contributed by atoms with Gasteiger partial charge in [-0.1, -0.05) is 17.7 Å². The molecule has 1 heterocycles. The number of carbonyl (C=O) groups excluding carboxylic acids is 2. The maximum atomic E-state index is 13.7. The first-order valence-corrected chi connectivity index (χ1v) is 14.1. The number of esters is 1. The molecule has 2 aromatic carbocycles. The van der Waals surface area contributed by atoms with Gasteiger partial charge in [0.2, 0.25) is 5.91 Å². The van der Waals surface area contributed by atoms with E-state index in [4.69, 9.17) is 21.1 Å². The maximum absolute atomic E-state index is 13.7. The van der Waals surface area contributed by atoms with Crippen molar-refractivity contribution < 1.29 is 28.6 Å². The number of anilines is 3. The minimum Gasteiger partial charge on any atom is -0.491 e. The average Bonchev–Trinajstić information content (AvgIpc) is 3.74. The van der Waals surface area contributed by atoms with Crippen molar-refractivity contribution in [2.75, 3.05) is 43.5 Å². The third kappa shape index (κ3) is 9.37. The molecule has 0 saturated heterocycles. The smallest absolute Gasteiger partial charge is 0.320 e. The van der Waals surface area contributed by atoms with E-state index in [1.165, 1.54) is 24.5 Å². The number of hydrogen-bond acceptors (Lipinski definition) is 9. The Morgan fingerprint density at radius 3 is 2.71 bits per heavy atom. The number of aliphatic hydroxyl groups is 1. The van der Waals surface area contributed by atoms with Gasteiger partial charge in [0.1, 0.15) is 23.7 Å². The van der Waals surface area contributed by atoms with Gasteiger partial charge in [-0.25, -0.2) is 14.4 Å². The van der Waals surface area contributed by atoms with Crippen LogP contribution in [0.15, 0.2) is 48.8 Å². The molecule has 1 aromatic heterocycles. The number of nitrogens with zero attached hydrogens (tertiary/aromatic N) is 3. The van der Waals surface area contributed by atoms with Gasteiger partial charge in [0, 0.05) is 36.3 Å². The largest absolute Gasteiger partial charge is 0.491 e. The van der Waals surface area contributed by atoms with Gasteiger partial charge in [-0.3, -0.25) is 14.5 Å². The topological polar surface area (TPSA) is 126 Å². The lowest BCUT2D eigenvalue weighted by molar-refractivity contribution is -0.144. The summed E-state index contributed by atoms with van der Waals surface area (Å²) in [7, 11) is 0. The third-order valence-electron chi connectivity index (χ3n) is 6.25.